The number of carbonyl (C=O) groups is 1. The van der Waals surface area contributed by atoms with E-state index < -0.39 is 23.4 Å². The Hall–Kier alpha value is -5.20. The van der Waals surface area contributed by atoms with Gasteiger partial charge in [-0.1, -0.05) is 12.1 Å². The Morgan fingerprint density at radius 2 is 1.73 bits per heavy atom. The van der Waals surface area contributed by atoms with E-state index in [0.717, 1.165) is 22.3 Å². The summed E-state index contributed by atoms with van der Waals surface area (Å²) in [6.45, 7) is 0.192. The van der Waals surface area contributed by atoms with Crippen LogP contribution in [0.5, 0.6) is 17.2 Å². The molecule has 4 aromatic rings. The van der Waals surface area contributed by atoms with Crippen molar-refractivity contribution in [3.05, 3.63) is 77.4 Å². The highest BCUT2D eigenvalue weighted by Crippen LogP contribution is 2.43. The van der Waals surface area contributed by atoms with Crippen LogP contribution in [0.4, 0.5) is 25.0 Å². The van der Waals surface area contributed by atoms with Gasteiger partial charge in [-0.3, -0.25) is 14.8 Å². The number of halogens is 2. The molecule has 0 radical (unpaired) electrons. The normalized spacial score (nSPS) is 13.7. The predicted octanol–water partition coefficient (Wildman–Crippen LogP) is 4.23. The van der Waals surface area contributed by atoms with E-state index in [9.17, 15) is 4.79 Å². The number of fused-ring (bicyclic) bond motifs is 3. The number of urea groups is 1. The Balaban J connectivity index is 1.67. The van der Waals surface area contributed by atoms with Gasteiger partial charge in [-0.25, -0.2) is 23.2 Å². The summed E-state index contributed by atoms with van der Waals surface area (Å²) in [5.41, 5.74) is 7.82. The van der Waals surface area contributed by atoms with E-state index in [1.54, 1.807) is 24.2 Å². The third kappa shape index (κ3) is 4.64. The summed E-state index contributed by atoms with van der Waals surface area (Å²) < 4.78 is 48.1. The molecular formula is C28H27F2N7O4. The number of pyridine rings is 1. The summed E-state index contributed by atoms with van der Waals surface area (Å²) >= 11 is 0. The molecular weight excluding hydrogens is 536 g/mol. The first-order chi connectivity index (χ1) is 19.9. The number of nitrogens with zero attached hydrogens (tertiary/aromatic N) is 6. The maximum absolute atomic E-state index is 15.5. The van der Waals surface area contributed by atoms with Gasteiger partial charge in [-0.05, 0) is 17.7 Å². The molecule has 212 valence electrons. The molecule has 0 saturated heterocycles. The summed E-state index contributed by atoms with van der Waals surface area (Å²) in [6.07, 6.45) is 5.69. The first-order valence-electron chi connectivity index (χ1n) is 12.4. The predicted molar refractivity (Wildman–Crippen MR) is 150 cm³/mol. The molecule has 2 aromatic carbocycles. The fourth-order valence-corrected chi connectivity index (χ4v) is 4.74. The van der Waals surface area contributed by atoms with Crippen LogP contribution in [-0.2, 0) is 13.1 Å². The molecule has 1 aliphatic rings. The second-order valence-electron chi connectivity index (χ2n) is 8.96. The van der Waals surface area contributed by atoms with Gasteiger partial charge in [0.05, 0.1) is 57.4 Å². The second kappa shape index (κ2) is 11.1. The fraction of sp³-hybridized carbons (Fsp3) is 0.214. The summed E-state index contributed by atoms with van der Waals surface area (Å²) in [4.78, 5) is 24.9. The number of hydrogen-bond donors (Lipinski definition) is 1. The number of amides is 2. The molecule has 13 heteroatoms. The lowest BCUT2D eigenvalue weighted by Gasteiger charge is -2.37. The van der Waals surface area contributed by atoms with Crippen molar-refractivity contribution < 1.29 is 27.8 Å². The Morgan fingerprint density at radius 1 is 1.05 bits per heavy atom. The molecule has 0 fully saturated rings. The highest BCUT2D eigenvalue weighted by atomic mass is 19.1. The van der Waals surface area contributed by atoms with Crippen LogP contribution in [0.25, 0.3) is 11.0 Å². The van der Waals surface area contributed by atoms with Crippen LogP contribution >= 0.6 is 0 Å². The molecule has 0 spiro atoms. The van der Waals surface area contributed by atoms with Crippen molar-refractivity contribution >= 4 is 34.7 Å². The van der Waals surface area contributed by atoms with E-state index in [0.29, 0.717) is 28.8 Å². The number of aromatic nitrogens is 3. The molecule has 0 atom stereocenters. The summed E-state index contributed by atoms with van der Waals surface area (Å²) in [7, 11) is 5.57. The molecule has 1 aliphatic heterocycles. The van der Waals surface area contributed by atoms with Gasteiger partial charge < -0.3 is 19.9 Å². The number of rotatable bonds is 8. The van der Waals surface area contributed by atoms with Gasteiger partial charge in [-0.2, -0.15) is 5.10 Å². The van der Waals surface area contributed by atoms with E-state index in [1.807, 2.05) is 24.3 Å². The Bertz CT molecular complexity index is 1660. The van der Waals surface area contributed by atoms with E-state index in [1.165, 1.54) is 38.6 Å². The number of aliphatic imine (C=N–C) groups is 1. The zero-order chi connectivity index (χ0) is 29.3. The van der Waals surface area contributed by atoms with Crippen LogP contribution in [0.2, 0.25) is 0 Å². The first kappa shape index (κ1) is 27.4. The highest BCUT2D eigenvalue weighted by Gasteiger charge is 2.39. The van der Waals surface area contributed by atoms with Crippen molar-refractivity contribution in [3.63, 3.8) is 0 Å². The number of allylic oxidation sites excluding steroid dienone is 1. The molecule has 41 heavy (non-hydrogen) atoms. The molecule has 0 aliphatic carbocycles. The number of methoxy groups -OCH3 is 3. The number of nitrogens with two attached hydrogens (primary N) is 1. The minimum absolute atomic E-state index is 0.175. The molecule has 0 unspecified atom stereocenters. The van der Waals surface area contributed by atoms with Crippen molar-refractivity contribution in [3.8, 4) is 17.2 Å². The zero-order valence-electron chi connectivity index (χ0n) is 22.8. The fourth-order valence-electron chi connectivity index (χ4n) is 4.74. The number of ether oxygens (including phenoxy) is 3. The van der Waals surface area contributed by atoms with Gasteiger partial charge in [0.25, 0.3) is 0 Å². The third-order valence-corrected chi connectivity index (χ3v) is 6.69. The summed E-state index contributed by atoms with van der Waals surface area (Å²) in [6, 6.07) is 7.82. The molecule has 2 aromatic heterocycles. The van der Waals surface area contributed by atoms with E-state index >= 15 is 8.78 Å². The molecule has 0 bridgehead atoms. The van der Waals surface area contributed by atoms with Gasteiger partial charge in [0.2, 0.25) is 0 Å². The van der Waals surface area contributed by atoms with Gasteiger partial charge in [0.15, 0.2) is 28.8 Å². The van der Waals surface area contributed by atoms with E-state index in [-0.39, 0.29) is 23.7 Å². The van der Waals surface area contributed by atoms with Crippen LogP contribution in [0.1, 0.15) is 11.1 Å². The van der Waals surface area contributed by atoms with Gasteiger partial charge in [0.1, 0.15) is 11.4 Å². The van der Waals surface area contributed by atoms with Crippen LogP contribution < -0.4 is 29.7 Å². The maximum Gasteiger partial charge on any atom is 0.334 e. The van der Waals surface area contributed by atoms with Crippen LogP contribution in [0.15, 0.2) is 59.6 Å². The Morgan fingerprint density at radius 3 is 2.32 bits per heavy atom. The molecule has 5 rings (SSSR count). The number of benzene rings is 2. The zero-order valence-corrected chi connectivity index (χ0v) is 22.8. The average Bonchev–Trinajstić information content (AvgIpc) is 3.39. The Labute approximate surface area is 234 Å². The lowest BCUT2D eigenvalue weighted by Crippen LogP contribution is -2.48. The van der Waals surface area contributed by atoms with Gasteiger partial charge in [-0.15, -0.1) is 0 Å². The average molecular weight is 564 g/mol. The minimum Gasteiger partial charge on any atom is -0.497 e. The standard InChI is InChI=1S/C28H27F2N7O4/c1-32-12-18(10-31)37-25-17(15-35(28(37)38)26-23(29)21(40-3)9-22(41-4)24(26)30)11-33-27-20(25)13-34-36(27)14-16-5-7-19(39-2)8-6-16/h5-13H,14-15,31H2,1-4H3/b18-10+,32-12?. The summed E-state index contributed by atoms with van der Waals surface area (Å²) in [5.74, 6) is -1.98. The van der Waals surface area contributed by atoms with Crippen molar-refractivity contribution in [1.82, 2.24) is 14.8 Å². The SMILES string of the molecule is CN=C/C(=C\N)N1C(=O)N(c2c(F)c(OC)cc(OC)c2F)Cc2cnc3c(cnn3Cc3ccc(OC)cc3)c21. The van der Waals surface area contributed by atoms with Crippen LogP contribution in [-0.4, -0.2) is 55.4 Å². The molecule has 2 amide bonds. The van der Waals surface area contributed by atoms with E-state index in [2.05, 4.69) is 15.1 Å². The molecule has 11 nitrogen and oxygen atoms in total. The topological polar surface area (TPSA) is 120 Å². The second-order valence-corrected chi connectivity index (χ2v) is 8.96. The Kier molecular flexibility index (Phi) is 7.42. The smallest absolute Gasteiger partial charge is 0.334 e. The molecule has 2 N–H and O–H groups in total. The molecule has 3 heterocycles. The lowest BCUT2D eigenvalue weighted by molar-refractivity contribution is 0.251. The monoisotopic (exact) mass is 563 g/mol. The first-order valence-corrected chi connectivity index (χ1v) is 12.4. The number of hydrogen-bond acceptors (Lipinski definition) is 8. The largest absolute Gasteiger partial charge is 0.497 e. The summed E-state index contributed by atoms with van der Waals surface area (Å²) in [5, 5.41) is 5.06. The van der Waals surface area contributed by atoms with Crippen molar-refractivity contribution in [2.24, 2.45) is 10.7 Å². The maximum atomic E-state index is 15.5. The van der Waals surface area contributed by atoms with E-state index in [4.69, 9.17) is 19.9 Å². The third-order valence-electron chi connectivity index (χ3n) is 6.69. The van der Waals surface area contributed by atoms with Crippen molar-refractivity contribution in [2.75, 3.05) is 38.2 Å². The minimum atomic E-state index is -1.06. The van der Waals surface area contributed by atoms with Crippen LogP contribution in [0, 0.1) is 11.6 Å². The highest BCUT2D eigenvalue weighted by molar-refractivity contribution is 6.16. The lowest BCUT2D eigenvalue weighted by atomic mass is 10.1. The van der Waals surface area contributed by atoms with Gasteiger partial charge in [0, 0.05) is 37.3 Å². The number of anilines is 2. The molecule has 0 saturated carbocycles. The van der Waals surface area contributed by atoms with Gasteiger partial charge >= 0.3 is 6.03 Å². The quantitative estimate of drug-likeness (QED) is 0.319. The number of carbonyl (C=O) groups excluding carboxylic acids is 1. The van der Waals surface area contributed by atoms with Crippen LogP contribution in [0.3, 0.4) is 0 Å². The van der Waals surface area contributed by atoms with Crippen molar-refractivity contribution in [1.29, 1.82) is 0 Å². The van der Waals surface area contributed by atoms with Crippen molar-refractivity contribution in [2.45, 2.75) is 13.1 Å².